The molecule has 0 aromatic heterocycles. The molecule has 0 spiro atoms. The molecule has 74 valence electrons. The molecule has 0 aromatic rings. The Hall–Kier alpha value is -0.130. The molecular weight excluding hydrogens is 176 g/mol. The van der Waals surface area contributed by atoms with Crippen LogP contribution in [0.25, 0.3) is 0 Å². The quantitative estimate of drug-likeness (QED) is 0.629. The van der Waals surface area contributed by atoms with Gasteiger partial charge in [-0.15, -0.1) is 0 Å². The second-order valence-corrected chi connectivity index (χ2v) is 5.63. The zero-order valence-corrected chi connectivity index (χ0v) is 8.76. The molecule has 0 unspecified atom stereocenters. The summed E-state index contributed by atoms with van der Waals surface area (Å²) in [7, 11) is -0.968. The fourth-order valence-corrected chi connectivity index (χ4v) is 1.55. The second kappa shape index (κ2) is 4.79. The molecule has 5 heteroatoms. The maximum atomic E-state index is 10.8. The number of nitrogens with two attached hydrogens (primary N) is 1. The summed E-state index contributed by atoms with van der Waals surface area (Å²) in [5.74, 6) is 0.205. The summed E-state index contributed by atoms with van der Waals surface area (Å²) in [5, 5.41) is 0. The Morgan fingerprint density at radius 1 is 1.50 bits per heavy atom. The van der Waals surface area contributed by atoms with E-state index in [9.17, 15) is 8.42 Å². The van der Waals surface area contributed by atoms with Crippen LogP contribution in [0, 0.1) is 0 Å². The highest BCUT2D eigenvalue weighted by Gasteiger charge is 2.06. The van der Waals surface area contributed by atoms with E-state index in [1.54, 1.807) is 0 Å². The first-order valence-corrected chi connectivity index (χ1v) is 5.99. The minimum absolute atomic E-state index is 0.0922. The van der Waals surface area contributed by atoms with Crippen molar-refractivity contribution in [3.63, 3.8) is 0 Å². The highest BCUT2D eigenvalue weighted by Crippen LogP contribution is 1.89. The highest BCUT2D eigenvalue weighted by atomic mass is 32.2. The van der Waals surface area contributed by atoms with Crippen LogP contribution in [0.5, 0.6) is 0 Å². The average molecular weight is 194 g/mol. The van der Waals surface area contributed by atoms with Crippen LogP contribution in [-0.2, 0) is 9.84 Å². The SMILES string of the molecule is C[C@@H](N)CN(C)CCS(C)(=O)=O. The van der Waals surface area contributed by atoms with Gasteiger partial charge in [0.05, 0.1) is 5.75 Å². The number of likely N-dealkylation sites (N-methyl/N-ethyl adjacent to an activating group) is 1. The van der Waals surface area contributed by atoms with Crippen LogP contribution < -0.4 is 5.73 Å². The normalized spacial score (nSPS) is 15.1. The molecule has 0 saturated carbocycles. The van der Waals surface area contributed by atoms with Crippen molar-refractivity contribution in [2.75, 3.05) is 32.1 Å². The Balaban J connectivity index is 3.65. The molecule has 0 aliphatic heterocycles. The Morgan fingerprint density at radius 3 is 2.33 bits per heavy atom. The molecule has 1 atom stereocenters. The average Bonchev–Trinajstić information content (AvgIpc) is 1.80. The van der Waals surface area contributed by atoms with Gasteiger partial charge in [0.15, 0.2) is 0 Å². The van der Waals surface area contributed by atoms with Crippen LogP contribution in [0.4, 0.5) is 0 Å². The van der Waals surface area contributed by atoms with Gasteiger partial charge in [0.2, 0.25) is 0 Å². The first-order valence-electron chi connectivity index (χ1n) is 3.93. The lowest BCUT2D eigenvalue weighted by molar-refractivity contribution is 0.334. The number of nitrogens with zero attached hydrogens (tertiary/aromatic N) is 1. The topological polar surface area (TPSA) is 63.4 Å². The summed E-state index contributed by atoms with van der Waals surface area (Å²) < 4.78 is 21.5. The molecule has 0 amide bonds. The molecule has 0 aromatic carbocycles. The van der Waals surface area contributed by atoms with Crippen molar-refractivity contribution in [3.05, 3.63) is 0 Å². The molecule has 12 heavy (non-hydrogen) atoms. The first-order chi connectivity index (χ1) is 5.31. The van der Waals surface area contributed by atoms with E-state index in [1.165, 1.54) is 6.26 Å². The number of rotatable bonds is 5. The predicted molar refractivity (Wildman–Crippen MR) is 50.9 cm³/mol. The Morgan fingerprint density at radius 2 is 2.00 bits per heavy atom. The van der Waals surface area contributed by atoms with E-state index in [-0.39, 0.29) is 11.8 Å². The maximum Gasteiger partial charge on any atom is 0.148 e. The fourth-order valence-electron chi connectivity index (χ4n) is 0.905. The monoisotopic (exact) mass is 194 g/mol. The lowest BCUT2D eigenvalue weighted by Gasteiger charge is -2.17. The van der Waals surface area contributed by atoms with E-state index in [1.807, 2.05) is 18.9 Å². The van der Waals surface area contributed by atoms with E-state index >= 15 is 0 Å². The zero-order valence-electron chi connectivity index (χ0n) is 7.95. The molecule has 0 aliphatic carbocycles. The maximum absolute atomic E-state index is 10.8. The van der Waals surface area contributed by atoms with E-state index < -0.39 is 9.84 Å². The third-order valence-electron chi connectivity index (χ3n) is 1.44. The summed E-state index contributed by atoms with van der Waals surface area (Å²) in [5.41, 5.74) is 5.54. The van der Waals surface area contributed by atoms with Crippen molar-refractivity contribution in [2.24, 2.45) is 5.73 Å². The fraction of sp³-hybridized carbons (Fsp3) is 1.00. The van der Waals surface area contributed by atoms with Gasteiger partial charge in [-0.25, -0.2) is 8.42 Å². The third-order valence-corrected chi connectivity index (χ3v) is 2.37. The van der Waals surface area contributed by atoms with Gasteiger partial charge in [-0.2, -0.15) is 0 Å². The van der Waals surface area contributed by atoms with Crippen molar-refractivity contribution < 1.29 is 8.42 Å². The predicted octanol–water partition coefficient (Wildman–Crippen LogP) is -0.690. The van der Waals surface area contributed by atoms with Crippen molar-refractivity contribution in [3.8, 4) is 0 Å². The smallest absolute Gasteiger partial charge is 0.148 e. The minimum Gasteiger partial charge on any atom is -0.327 e. The van der Waals surface area contributed by atoms with Crippen LogP contribution in [0.15, 0.2) is 0 Å². The van der Waals surface area contributed by atoms with Crippen LogP contribution in [0.2, 0.25) is 0 Å². The summed E-state index contributed by atoms with van der Waals surface area (Å²) in [6.07, 6.45) is 1.24. The first kappa shape index (κ1) is 11.9. The molecule has 0 rings (SSSR count). The Labute approximate surface area is 74.7 Å². The lowest BCUT2D eigenvalue weighted by atomic mass is 10.3. The molecular formula is C7H18N2O2S. The summed E-state index contributed by atoms with van der Waals surface area (Å²) >= 11 is 0. The lowest BCUT2D eigenvalue weighted by Crippen LogP contribution is -2.35. The standard InChI is InChI=1S/C7H18N2O2S/c1-7(8)6-9(2)4-5-12(3,10)11/h7H,4-6,8H2,1-3H3/t7-/m1/s1. The number of hydrogen-bond donors (Lipinski definition) is 1. The molecule has 4 nitrogen and oxygen atoms in total. The van der Waals surface area contributed by atoms with Gasteiger partial charge < -0.3 is 10.6 Å². The van der Waals surface area contributed by atoms with Gasteiger partial charge >= 0.3 is 0 Å². The van der Waals surface area contributed by atoms with Gasteiger partial charge in [-0.1, -0.05) is 0 Å². The van der Waals surface area contributed by atoms with E-state index in [4.69, 9.17) is 5.73 Å². The highest BCUT2D eigenvalue weighted by molar-refractivity contribution is 7.90. The van der Waals surface area contributed by atoms with Crippen LogP contribution >= 0.6 is 0 Å². The van der Waals surface area contributed by atoms with Crippen molar-refractivity contribution in [2.45, 2.75) is 13.0 Å². The summed E-state index contributed by atoms with van der Waals surface area (Å²) in [6.45, 7) is 3.19. The molecule has 0 heterocycles. The molecule has 0 radical (unpaired) electrons. The number of sulfone groups is 1. The molecule has 0 bridgehead atoms. The van der Waals surface area contributed by atoms with Gasteiger partial charge in [0.25, 0.3) is 0 Å². The van der Waals surface area contributed by atoms with E-state index in [0.29, 0.717) is 6.54 Å². The van der Waals surface area contributed by atoms with Crippen molar-refractivity contribution in [1.82, 2.24) is 4.90 Å². The molecule has 0 fully saturated rings. The van der Waals surface area contributed by atoms with Gasteiger partial charge in [-0.3, -0.25) is 0 Å². The third kappa shape index (κ3) is 7.97. The van der Waals surface area contributed by atoms with Crippen LogP contribution in [0.1, 0.15) is 6.92 Å². The summed E-state index contributed by atoms with van der Waals surface area (Å²) in [6, 6.07) is 0.0922. The Kier molecular flexibility index (Phi) is 4.74. The van der Waals surface area contributed by atoms with E-state index in [2.05, 4.69) is 0 Å². The van der Waals surface area contributed by atoms with Gasteiger partial charge in [0.1, 0.15) is 9.84 Å². The van der Waals surface area contributed by atoms with Gasteiger partial charge in [-0.05, 0) is 14.0 Å². The molecule has 0 aliphatic rings. The minimum atomic E-state index is -2.84. The molecule has 0 saturated heterocycles. The van der Waals surface area contributed by atoms with Crippen molar-refractivity contribution >= 4 is 9.84 Å². The van der Waals surface area contributed by atoms with E-state index in [0.717, 1.165) is 6.54 Å². The van der Waals surface area contributed by atoms with Crippen molar-refractivity contribution in [1.29, 1.82) is 0 Å². The molecule has 2 N–H and O–H groups in total. The largest absolute Gasteiger partial charge is 0.327 e. The Bertz CT molecular complexity index is 211. The zero-order chi connectivity index (χ0) is 9.78. The van der Waals surface area contributed by atoms with Gasteiger partial charge in [0, 0.05) is 25.4 Å². The van der Waals surface area contributed by atoms with Crippen LogP contribution in [-0.4, -0.2) is 51.5 Å². The summed E-state index contributed by atoms with van der Waals surface area (Å²) in [4.78, 5) is 1.92. The number of hydrogen-bond acceptors (Lipinski definition) is 4. The van der Waals surface area contributed by atoms with Crippen LogP contribution in [0.3, 0.4) is 0 Å². The second-order valence-electron chi connectivity index (χ2n) is 3.37.